The Morgan fingerprint density at radius 3 is 1.92 bits per heavy atom. The van der Waals surface area contributed by atoms with Crippen LogP contribution in [0.1, 0.15) is 99.0 Å². The fraction of sp³-hybridized carbons (Fsp3) is 0.462. The molecule has 0 aliphatic carbocycles. The average Bonchev–Trinajstić information content (AvgIpc) is 1.28. The number of H-pyrrole nitrogens is 1. The standard InChI is InChI=1S/C65H87FN14O16/c1-7-41-29-44(96-24-11-10-23-67)21-22-45(41)42-19-17-39(18-20-42)28-49(58(88)70-48(63(93)94)16-12-13-40-26-35(2)25-36(3)27-40)71-59(89)50(31-54(85)86)72-60(90)51(34-81)73-61(91)55(37(4)82)75-64(95)65(6,32-43-14-8-9-15-46(43)66)76-62(92)56(38(5)83)74-53(84)33-69-57(87)47(68)30-52-77-79-80-78-52/h8-9,14-15,17-22,25-27,29,37-38,47-51,55-56,81-83H,7,10-13,16,23-24,28,30-34,67-68H2,1-6H3,(H,69,87)(H,70,88)(H,71,89)(H,72,90)(H,73,91)(H,74,84)(H,75,95)(H,76,92)(H,85,86)(H,93,94)(H,77,78,79,80)/t37-,38-,47+,48+,49+,50+,51+,55+,56+,65+/m1/s1. The number of nitrogens with two attached hydrogens (primary N) is 2. The van der Waals surface area contributed by atoms with Crippen molar-refractivity contribution in [2.45, 2.75) is 166 Å². The van der Waals surface area contributed by atoms with E-state index in [1.807, 2.05) is 57.2 Å². The lowest BCUT2D eigenvalue weighted by atomic mass is 9.90. The highest BCUT2D eigenvalue weighted by atomic mass is 19.1. The van der Waals surface area contributed by atoms with Crippen LogP contribution in [-0.2, 0) is 80.0 Å². The number of amides is 8. The number of carbonyl (C=O) groups excluding carboxylic acids is 8. The quantitative estimate of drug-likeness (QED) is 0.0208. The van der Waals surface area contributed by atoms with Crippen molar-refractivity contribution < 1.29 is 82.6 Å². The van der Waals surface area contributed by atoms with Crippen LogP contribution in [-0.4, -0.2) is 192 Å². The molecule has 8 amide bonds. The van der Waals surface area contributed by atoms with E-state index in [0.29, 0.717) is 43.7 Å². The number of aromatic nitrogens is 4. The molecule has 0 unspecified atom stereocenters. The molecular weight excluding hydrogens is 1250 g/mol. The van der Waals surface area contributed by atoms with Gasteiger partial charge in [0.1, 0.15) is 53.4 Å². The van der Waals surface area contributed by atoms with Crippen LogP contribution < -0.4 is 58.7 Å². The van der Waals surface area contributed by atoms with Gasteiger partial charge in [-0.25, -0.2) is 9.18 Å². The number of carbonyl (C=O) groups is 10. The number of aliphatic hydroxyl groups is 3. The monoisotopic (exact) mass is 1340 g/mol. The van der Waals surface area contributed by atoms with Crippen molar-refractivity contribution in [2.24, 2.45) is 11.5 Å². The van der Waals surface area contributed by atoms with Crippen LogP contribution in [0.25, 0.3) is 11.1 Å². The van der Waals surface area contributed by atoms with E-state index in [0.717, 1.165) is 73.1 Å². The van der Waals surface area contributed by atoms with E-state index in [2.05, 4.69) is 63.2 Å². The second-order valence-electron chi connectivity index (χ2n) is 23.6. The van der Waals surface area contributed by atoms with Crippen LogP contribution >= 0.6 is 0 Å². The van der Waals surface area contributed by atoms with Crippen LogP contribution in [0.5, 0.6) is 5.75 Å². The summed E-state index contributed by atoms with van der Waals surface area (Å²) in [6.07, 6.45) is -2.81. The van der Waals surface area contributed by atoms with Crippen LogP contribution in [0.15, 0.2) is 84.9 Å². The highest BCUT2D eigenvalue weighted by Gasteiger charge is 2.42. The van der Waals surface area contributed by atoms with E-state index >= 15 is 4.39 Å². The SMILES string of the molecule is CCc1cc(OCCCCN)ccc1-c1ccc(C[C@H](NC(=O)[C@H](CC(=O)O)NC(=O)[C@H](CO)NC(=O)[C@@H](NC(=O)[C@](C)(Cc2ccccc2F)NC(=O)[C@@H](NC(=O)CNC(=O)[C@@H](N)Cc2nn[nH]n2)[C@@H](C)O)[C@@H](C)O)C(=O)N[C@@H](CCCc2cc(C)cc(C)c2)C(=O)O)cc1. The summed E-state index contributed by atoms with van der Waals surface area (Å²) in [4.78, 5) is 136. The summed E-state index contributed by atoms with van der Waals surface area (Å²) in [5, 5.41) is 83.9. The first-order valence-corrected chi connectivity index (χ1v) is 31.2. The van der Waals surface area contributed by atoms with Crippen LogP contribution in [0.3, 0.4) is 0 Å². The number of carboxylic acids is 2. The van der Waals surface area contributed by atoms with Gasteiger partial charge in [0.25, 0.3) is 0 Å². The zero-order valence-electron chi connectivity index (χ0n) is 54.3. The number of carboxylic acid groups (broad SMARTS) is 2. The number of hydrogen-bond donors (Lipinski definition) is 16. The molecule has 0 saturated carbocycles. The Kier molecular flexibility index (Phi) is 29.9. The van der Waals surface area contributed by atoms with Gasteiger partial charge in [0.2, 0.25) is 47.3 Å². The van der Waals surface area contributed by atoms with Crippen molar-refractivity contribution >= 4 is 59.2 Å². The van der Waals surface area contributed by atoms with Gasteiger partial charge in [-0.1, -0.05) is 90.0 Å². The first-order chi connectivity index (χ1) is 45.5. The van der Waals surface area contributed by atoms with Crippen molar-refractivity contribution in [2.75, 3.05) is 26.3 Å². The number of aryl methyl sites for hydroxylation is 4. The number of nitrogens with zero attached hydrogens (tertiary/aromatic N) is 3. The van der Waals surface area contributed by atoms with Crippen LogP contribution in [0.2, 0.25) is 0 Å². The third-order valence-electron chi connectivity index (χ3n) is 15.4. The van der Waals surface area contributed by atoms with Gasteiger partial charge < -0.3 is 84.3 Å². The number of aliphatic hydroxyl groups excluding tert-OH is 3. The van der Waals surface area contributed by atoms with E-state index in [1.165, 1.54) is 18.2 Å². The minimum absolute atomic E-state index is 0.0327. The number of hydrogen-bond acceptors (Lipinski definition) is 19. The number of halogens is 1. The Morgan fingerprint density at radius 1 is 0.688 bits per heavy atom. The van der Waals surface area contributed by atoms with Gasteiger partial charge in [-0.2, -0.15) is 5.21 Å². The van der Waals surface area contributed by atoms with E-state index in [-0.39, 0.29) is 30.7 Å². The van der Waals surface area contributed by atoms with Crippen molar-refractivity contribution in [3.63, 3.8) is 0 Å². The van der Waals surface area contributed by atoms with Crippen molar-refractivity contribution in [3.05, 3.63) is 130 Å². The van der Waals surface area contributed by atoms with Gasteiger partial charge in [0.15, 0.2) is 5.82 Å². The maximum atomic E-state index is 15.3. The lowest BCUT2D eigenvalue weighted by molar-refractivity contribution is -0.143. The van der Waals surface area contributed by atoms with E-state index in [9.17, 15) is 73.5 Å². The third-order valence-corrected chi connectivity index (χ3v) is 15.4. The number of aromatic amines is 1. The molecule has 18 N–H and O–H groups in total. The van der Waals surface area contributed by atoms with Crippen LogP contribution in [0, 0.1) is 19.7 Å². The Balaban J connectivity index is 1.35. The molecule has 1 aromatic heterocycles. The zero-order valence-corrected chi connectivity index (χ0v) is 54.3. The number of aliphatic carboxylic acids is 2. The molecule has 0 saturated heterocycles. The summed E-state index contributed by atoms with van der Waals surface area (Å²) in [7, 11) is 0. The lowest BCUT2D eigenvalue weighted by Crippen LogP contribution is -2.67. The predicted octanol–water partition coefficient (Wildman–Crippen LogP) is -1.11. The molecule has 1 heterocycles. The minimum atomic E-state index is -2.33. The molecule has 0 bridgehead atoms. The largest absolute Gasteiger partial charge is 0.494 e. The molecule has 4 aromatic carbocycles. The van der Waals surface area contributed by atoms with Gasteiger partial charge >= 0.3 is 11.9 Å². The zero-order chi connectivity index (χ0) is 70.8. The van der Waals surface area contributed by atoms with Gasteiger partial charge in [-0.3, -0.25) is 43.2 Å². The molecule has 10 atom stereocenters. The molecule has 31 heteroatoms. The Bertz CT molecular complexity index is 3470. The molecule has 520 valence electrons. The van der Waals surface area contributed by atoms with E-state index in [1.54, 1.807) is 24.3 Å². The Morgan fingerprint density at radius 2 is 1.31 bits per heavy atom. The average molecular weight is 1340 g/mol. The molecule has 96 heavy (non-hydrogen) atoms. The number of nitrogens with one attached hydrogen (secondary N) is 9. The number of unbranched alkanes of at least 4 members (excludes halogenated alkanes) is 1. The number of rotatable bonds is 39. The first kappa shape index (κ1) is 76.9. The highest BCUT2D eigenvalue weighted by molar-refractivity contribution is 6.00. The smallest absolute Gasteiger partial charge is 0.326 e. The van der Waals surface area contributed by atoms with Gasteiger partial charge in [-0.05, 0) is 131 Å². The lowest BCUT2D eigenvalue weighted by Gasteiger charge is -2.34. The van der Waals surface area contributed by atoms with Gasteiger partial charge in [-0.15, -0.1) is 10.2 Å². The Labute approximate surface area is 553 Å². The summed E-state index contributed by atoms with van der Waals surface area (Å²) in [5.74, 6) is -12.5. The third kappa shape index (κ3) is 23.9. The van der Waals surface area contributed by atoms with Crippen LogP contribution in [0.4, 0.5) is 4.39 Å². The fourth-order valence-electron chi connectivity index (χ4n) is 10.3. The molecule has 0 aliphatic heterocycles. The highest BCUT2D eigenvalue weighted by Crippen LogP contribution is 2.29. The molecule has 5 aromatic rings. The topological polar surface area (TPSA) is 484 Å². The summed E-state index contributed by atoms with van der Waals surface area (Å²) in [6, 6.07) is 11.3. The molecule has 0 radical (unpaired) electrons. The summed E-state index contributed by atoms with van der Waals surface area (Å²) in [5.41, 5.74) is 15.1. The number of ether oxygens (including phenoxy) is 1. The molecule has 0 aliphatic rings. The van der Waals surface area contributed by atoms with E-state index < -0.39 is 151 Å². The molecule has 5 rings (SSSR count). The number of tetrazole rings is 1. The summed E-state index contributed by atoms with van der Waals surface area (Å²) < 4.78 is 21.2. The van der Waals surface area contributed by atoms with Gasteiger partial charge in [0.05, 0.1) is 44.4 Å². The molecule has 0 fully saturated rings. The molecular formula is C65H87FN14O16. The van der Waals surface area contributed by atoms with Crippen molar-refractivity contribution in [1.29, 1.82) is 0 Å². The summed E-state index contributed by atoms with van der Waals surface area (Å²) in [6.45, 7) is 8.09. The molecule has 0 spiro atoms. The molecule has 30 nitrogen and oxygen atoms in total. The van der Waals surface area contributed by atoms with E-state index in [4.69, 9.17) is 16.2 Å². The van der Waals surface area contributed by atoms with Gasteiger partial charge in [0, 0.05) is 19.3 Å². The number of benzene rings is 4. The minimum Gasteiger partial charge on any atom is -0.494 e. The normalized spacial score (nSPS) is 14.6. The Hall–Kier alpha value is -9.82. The second kappa shape index (κ2) is 37.3. The van der Waals surface area contributed by atoms with Crippen molar-refractivity contribution in [3.8, 4) is 16.9 Å². The van der Waals surface area contributed by atoms with Crippen molar-refractivity contribution in [1.82, 2.24) is 63.2 Å². The summed E-state index contributed by atoms with van der Waals surface area (Å²) >= 11 is 0. The predicted molar refractivity (Wildman–Crippen MR) is 345 cm³/mol. The second-order valence-corrected chi connectivity index (χ2v) is 23.6. The first-order valence-electron chi connectivity index (χ1n) is 31.2. The fourth-order valence-corrected chi connectivity index (χ4v) is 10.3. The maximum Gasteiger partial charge on any atom is 0.326 e. The maximum absolute atomic E-state index is 15.3.